The lowest BCUT2D eigenvalue weighted by Gasteiger charge is -2.10. The predicted octanol–water partition coefficient (Wildman–Crippen LogP) is 3.22. The van der Waals surface area contributed by atoms with Crippen LogP contribution in [-0.4, -0.2) is 0 Å². The monoisotopic (exact) mass is 211 g/mol. The lowest BCUT2D eigenvalue weighted by atomic mass is 9.96. The topological polar surface area (TPSA) is 26.0 Å². The minimum Gasteiger partial charge on any atom is -0.326 e. The Morgan fingerprint density at radius 3 is 2.57 bits per heavy atom. The minimum atomic E-state index is 0. The Morgan fingerprint density at radius 2 is 1.93 bits per heavy atom. The van der Waals surface area contributed by atoms with Gasteiger partial charge in [-0.15, -0.1) is 12.4 Å². The van der Waals surface area contributed by atoms with Crippen molar-refractivity contribution in [2.24, 2.45) is 5.73 Å². The van der Waals surface area contributed by atoms with Gasteiger partial charge in [-0.25, -0.2) is 0 Å². The summed E-state index contributed by atoms with van der Waals surface area (Å²) in [5.74, 6) is 0.812. The number of nitrogens with two attached hydrogens (primary N) is 1. The zero-order chi connectivity index (χ0) is 9.10. The molecule has 0 amide bonds. The molecule has 0 radical (unpaired) electrons. The van der Waals surface area contributed by atoms with E-state index in [0.717, 1.165) is 5.92 Å². The molecule has 0 bridgehead atoms. The summed E-state index contributed by atoms with van der Waals surface area (Å²) in [5.41, 5.74) is 8.39. The lowest BCUT2D eigenvalue weighted by Crippen LogP contribution is -1.98. The van der Waals surface area contributed by atoms with E-state index in [1.165, 1.54) is 36.8 Å². The van der Waals surface area contributed by atoms with E-state index in [1.807, 2.05) is 0 Å². The molecule has 0 aromatic heterocycles. The Hall–Kier alpha value is -0.530. The zero-order valence-corrected chi connectivity index (χ0v) is 9.22. The van der Waals surface area contributed by atoms with E-state index >= 15 is 0 Å². The molecular weight excluding hydrogens is 194 g/mol. The van der Waals surface area contributed by atoms with Gasteiger partial charge < -0.3 is 5.73 Å². The van der Waals surface area contributed by atoms with Gasteiger partial charge in [0.2, 0.25) is 0 Å². The van der Waals surface area contributed by atoms with E-state index in [2.05, 4.69) is 24.3 Å². The van der Waals surface area contributed by atoms with Gasteiger partial charge in [0, 0.05) is 6.54 Å². The van der Waals surface area contributed by atoms with Gasteiger partial charge in [-0.2, -0.15) is 0 Å². The van der Waals surface area contributed by atoms with Gasteiger partial charge in [-0.05, 0) is 29.9 Å². The molecule has 1 saturated carbocycles. The molecule has 2 N–H and O–H groups in total. The summed E-state index contributed by atoms with van der Waals surface area (Å²) < 4.78 is 0. The van der Waals surface area contributed by atoms with Gasteiger partial charge in [0.1, 0.15) is 0 Å². The molecule has 0 saturated heterocycles. The summed E-state index contributed by atoms with van der Waals surface area (Å²) in [5, 5.41) is 0. The fourth-order valence-electron chi connectivity index (χ4n) is 2.23. The largest absolute Gasteiger partial charge is 0.326 e. The quantitative estimate of drug-likeness (QED) is 0.799. The molecule has 2 heteroatoms. The standard InChI is InChI=1S/C12H17N.ClH/c13-9-10-4-3-7-12(8-10)11-5-1-2-6-11;/h3-4,7-8,11H,1-2,5-6,9,13H2;1H. The van der Waals surface area contributed by atoms with Gasteiger partial charge in [0.15, 0.2) is 0 Å². The molecule has 1 nitrogen and oxygen atoms in total. The molecule has 1 aliphatic carbocycles. The normalized spacial score (nSPS) is 16.6. The first-order valence-electron chi connectivity index (χ1n) is 5.19. The van der Waals surface area contributed by atoms with E-state index in [9.17, 15) is 0 Å². The van der Waals surface area contributed by atoms with Crippen LogP contribution in [0.15, 0.2) is 24.3 Å². The molecule has 0 spiro atoms. The van der Waals surface area contributed by atoms with Crippen LogP contribution in [0, 0.1) is 0 Å². The Labute approximate surface area is 92.1 Å². The van der Waals surface area contributed by atoms with Gasteiger partial charge in [-0.1, -0.05) is 37.1 Å². The van der Waals surface area contributed by atoms with Crippen LogP contribution in [0.1, 0.15) is 42.7 Å². The van der Waals surface area contributed by atoms with Crippen LogP contribution in [0.25, 0.3) is 0 Å². The van der Waals surface area contributed by atoms with Gasteiger partial charge in [0.05, 0.1) is 0 Å². The second-order valence-electron chi connectivity index (χ2n) is 3.93. The second-order valence-corrected chi connectivity index (χ2v) is 3.93. The Balaban J connectivity index is 0.000000980. The summed E-state index contributed by atoms with van der Waals surface area (Å²) in [6.45, 7) is 0.667. The van der Waals surface area contributed by atoms with Crippen LogP contribution < -0.4 is 5.73 Å². The summed E-state index contributed by atoms with van der Waals surface area (Å²) in [6, 6.07) is 8.76. The van der Waals surface area contributed by atoms with Gasteiger partial charge >= 0.3 is 0 Å². The fourth-order valence-corrected chi connectivity index (χ4v) is 2.23. The van der Waals surface area contributed by atoms with Crippen molar-refractivity contribution in [1.82, 2.24) is 0 Å². The van der Waals surface area contributed by atoms with Crippen LogP contribution in [0.4, 0.5) is 0 Å². The summed E-state index contributed by atoms with van der Waals surface area (Å²) >= 11 is 0. The third kappa shape index (κ3) is 2.49. The summed E-state index contributed by atoms with van der Waals surface area (Å²) in [7, 11) is 0. The first-order chi connectivity index (χ1) is 6.40. The molecule has 1 fully saturated rings. The Morgan fingerprint density at radius 1 is 1.21 bits per heavy atom. The number of hydrogen-bond acceptors (Lipinski definition) is 1. The van der Waals surface area contributed by atoms with E-state index in [1.54, 1.807) is 0 Å². The zero-order valence-electron chi connectivity index (χ0n) is 8.41. The van der Waals surface area contributed by atoms with Crippen molar-refractivity contribution in [3.05, 3.63) is 35.4 Å². The summed E-state index contributed by atoms with van der Waals surface area (Å²) in [4.78, 5) is 0. The van der Waals surface area contributed by atoms with Gasteiger partial charge in [-0.3, -0.25) is 0 Å². The van der Waals surface area contributed by atoms with E-state index in [0.29, 0.717) is 6.54 Å². The van der Waals surface area contributed by atoms with Crippen LogP contribution in [-0.2, 0) is 6.54 Å². The van der Waals surface area contributed by atoms with Crippen molar-refractivity contribution in [1.29, 1.82) is 0 Å². The third-order valence-electron chi connectivity index (χ3n) is 3.01. The van der Waals surface area contributed by atoms with Crippen LogP contribution in [0.2, 0.25) is 0 Å². The number of benzene rings is 1. The van der Waals surface area contributed by atoms with Crippen molar-refractivity contribution < 1.29 is 0 Å². The molecular formula is C12H18ClN. The maximum Gasteiger partial charge on any atom is 0.0178 e. The number of halogens is 1. The summed E-state index contributed by atoms with van der Waals surface area (Å²) in [6.07, 6.45) is 5.54. The molecule has 0 atom stereocenters. The molecule has 0 aliphatic heterocycles. The fraction of sp³-hybridized carbons (Fsp3) is 0.500. The molecule has 1 aromatic carbocycles. The molecule has 2 rings (SSSR count). The van der Waals surface area contributed by atoms with Crippen LogP contribution >= 0.6 is 12.4 Å². The van der Waals surface area contributed by atoms with Crippen molar-refractivity contribution in [3.8, 4) is 0 Å². The Bertz CT molecular complexity index is 279. The van der Waals surface area contributed by atoms with Gasteiger partial charge in [0.25, 0.3) is 0 Å². The Kier molecular flexibility index (Phi) is 4.43. The maximum absolute atomic E-state index is 5.62. The molecule has 0 heterocycles. The highest BCUT2D eigenvalue weighted by atomic mass is 35.5. The van der Waals surface area contributed by atoms with Crippen molar-refractivity contribution >= 4 is 12.4 Å². The van der Waals surface area contributed by atoms with E-state index in [-0.39, 0.29) is 12.4 Å². The average Bonchev–Trinajstić information content (AvgIpc) is 2.71. The lowest BCUT2D eigenvalue weighted by molar-refractivity contribution is 0.721. The van der Waals surface area contributed by atoms with Crippen LogP contribution in [0.3, 0.4) is 0 Å². The predicted molar refractivity (Wildman–Crippen MR) is 62.8 cm³/mol. The third-order valence-corrected chi connectivity index (χ3v) is 3.01. The molecule has 1 aromatic rings. The second kappa shape index (κ2) is 5.38. The van der Waals surface area contributed by atoms with Crippen molar-refractivity contribution in [3.63, 3.8) is 0 Å². The van der Waals surface area contributed by atoms with Crippen LogP contribution in [0.5, 0.6) is 0 Å². The highest BCUT2D eigenvalue weighted by Crippen LogP contribution is 2.34. The van der Waals surface area contributed by atoms with Crippen molar-refractivity contribution in [2.45, 2.75) is 38.1 Å². The minimum absolute atomic E-state index is 0. The van der Waals surface area contributed by atoms with Crippen molar-refractivity contribution in [2.75, 3.05) is 0 Å². The molecule has 14 heavy (non-hydrogen) atoms. The maximum atomic E-state index is 5.62. The number of rotatable bonds is 2. The molecule has 0 unspecified atom stereocenters. The number of hydrogen-bond donors (Lipinski definition) is 1. The van der Waals surface area contributed by atoms with E-state index in [4.69, 9.17) is 5.73 Å². The average molecular weight is 212 g/mol. The smallest absolute Gasteiger partial charge is 0.0178 e. The first-order valence-corrected chi connectivity index (χ1v) is 5.19. The molecule has 78 valence electrons. The highest BCUT2D eigenvalue weighted by molar-refractivity contribution is 5.85. The SMILES string of the molecule is Cl.NCc1cccc(C2CCCC2)c1. The highest BCUT2D eigenvalue weighted by Gasteiger charge is 2.16. The molecule has 1 aliphatic rings. The first kappa shape index (κ1) is 11.5. The van der Waals surface area contributed by atoms with E-state index < -0.39 is 0 Å².